The SMILES string of the molecule is O=C(CNc1ccccc1N1CCC(O)CC1)N1CCN(S(=O)(=O)c2cccc(F)c2)CC1. The largest absolute Gasteiger partial charge is 0.393 e. The Bertz CT molecular complexity index is 1080. The van der Waals surface area contributed by atoms with Crippen LogP contribution < -0.4 is 10.2 Å². The average molecular weight is 477 g/mol. The molecule has 0 unspecified atom stereocenters. The standard InChI is InChI=1S/C23H29FN4O4S/c24-18-4-3-5-20(16-18)33(31,32)28-14-12-27(13-15-28)23(30)17-25-21-6-1-2-7-22(21)26-10-8-19(29)9-11-26/h1-7,16,19,25,29H,8-15,17H2. The molecule has 2 aliphatic heterocycles. The molecule has 2 aliphatic rings. The quantitative estimate of drug-likeness (QED) is 0.660. The Kier molecular flexibility index (Phi) is 7.16. The summed E-state index contributed by atoms with van der Waals surface area (Å²) in [6.45, 7) is 2.51. The Morgan fingerprint density at radius 3 is 2.39 bits per heavy atom. The second-order valence-electron chi connectivity index (χ2n) is 8.33. The second kappa shape index (κ2) is 10.1. The van der Waals surface area contributed by atoms with Crippen LogP contribution in [0.15, 0.2) is 53.4 Å². The molecule has 33 heavy (non-hydrogen) atoms. The Morgan fingerprint density at radius 2 is 1.70 bits per heavy atom. The lowest BCUT2D eigenvalue weighted by atomic mass is 10.1. The maximum Gasteiger partial charge on any atom is 0.243 e. The number of carbonyl (C=O) groups excluding carboxylic acids is 1. The average Bonchev–Trinajstić information content (AvgIpc) is 2.83. The number of piperazine rings is 1. The topological polar surface area (TPSA) is 93.2 Å². The number of nitrogens with one attached hydrogen (secondary N) is 1. The maximum atomic E-state index is 13.5. The minimum atomic E-state index is -3.79. The maximum absolute atomic E-state index is 13.5. The van der Waals surface area contributed by atoms with Crippen LogP contribution in [-0.2, 0) is 14.8 Å². The van der Waals surface area contributed by atoms with E-state index in [0.29, 0.717) is 0 Å². The second-order valence-corrected chi connectivity index (χ2v) is 10.3. The molecular formula is C23H29FN4O4S. The minimum Gasteiger partial charge on any atom is -0.393 e. The van der Waals surface area contributed by atoms with Crippen LogP contribution in [0.4, 0.5) is 15.8 Å². The summed E-state index contributed by atoms with van der Waals surface area (Å²) in [5.41, 5.74) is 1.86. The van der Waals surface area contributed by atoms with E-state index in [0.717, 1.165) is 43.4 Å². The lowest BCUT2D eigenvalue weighted by molar-refractivity contribution is -0.130. The summed E-state index contributed by atoms with van der Waals surface area (Å²) in [4.78, 5) is 16.5. The summed E-state index contributed by atoms with van der Waals surface area (Å²) in [5.74, 6) is -0.710. The molecule has 0 atom stereocenters. The van der Waals surface area contributed by atoms with E-state index in [2.05, 4.69) is 10.2 Å². The molecule has 2 fully saturated rings. The van der Waals surface area contributed by atoms with Crippen LogP contribution in [-0.4, -0.2) is 80.6 Å². The molecule has 4 rings (SSSR count). The molecule has 1 amide bonds. The van der Waals surface area contributed by atoms with Crippen molar-refractivity contribution in [1.82, 2.24) is 9.21 Å². The first kappa shape index (κ1) is 23.5. The Labute approximate surface area is 193 Å². The van der Waals surface area contributed by atoms with Crippen molar-refractivity contribution in [2.45, 2.75) is 23.8 Å². The summed E-state index contributed by atoms with van der Waals surface area (Å²) in [6.07, 6.45) is 1.18. The highest BCUT2D eigenvalue weighted by Crippen LogP contribution is 2.28. The Morgan fingerprint density at radius 1 is 1.00 bits per heavy atom. The summed E-state index contributed by atoms with van der Waals surface area (Å²) >= 11 is 0. The third-order valence-electron chi connectivity index (χ3n) is 6.16. The molecule has 0 aliphatic carbocycles. The number of rotatable bonds is 6. The molecule has 0 saturated carbocycles. The molecule has 2 aromatic rings. The van der Waals surface area contributed by atoms with Crippen LogP contribution in [0.5, 0.6) is 0 Å². The van der Waals surface area contributed by atoms with Crippen LogP contribution in [0, 0.1) is 5.82 Å². The zero-order valence-electron chi connectivity index (χ0n) is 18.4. The predicted molar refractivity (Wildman–Crippen MR) is 124 cm³/mol. The number of aliphatic hydroxyl groups is 1. The van der Waals surface area contributed by atoms with Gasteiger partial charge in [0.25, 0.3) is 0 Å². The van der Waals surface area contributed by atoms with E-state index in [1.165, 1.54) is 22.5 Å². The monoisotopic (exact) mass is 476 g/mol. The molecule has 10 heteroatoms. The van der Waals surface area contributed by atoms with Gasteiger partial charge in [-0.15, -0.1) is 0 Å². The van der Waals surface area contributed by atoms with Gasteiger partial charge < -0.3 is 20.2 Å². The fraction of sp³-hybridized carbons (Fsp3) is 0.435. The molecule has 2 aromatic carbocycles. The molecule has 8 nitrogen and oxygen atoms in total. The number of sulfonamides is 1. The first-order chi connectivity index (χ1) is 15.8. The summed E-state index contributed by atoms with van der Waals surface area (Å²) in [6, 6.07) is 12.7. The third-order valence-corrected chi connectivity index (χ3v) is 8.06. The van der Waals surface area contributed by atoms with Crippen LogP contribution in [0.1, 0.15) is 12.8 Å². The normalized spacial score (nSPS) is 18.4. The summed E-state index contributed by atoms with van der Waals surface area (Å²) in [5, 5.41) is 13.0. The highest BCUT2D eigenvalue weighted by atomic mass is 32.2. The van der Waals surface area contributed by atoms with Crippen LogP contribution in [0.25, 0.3) is 0 Å². The van der Waals surface area contributed by atoms with E-state index in [4.69, 9.17) is 0 Å². The first-order valence-electron chi connectivity index (χ1n) is 11.1. The third kappa shape index (κ3) is 5.45. The molecule has 2 N–H and O–H groups in total. The van der Waals surface area contributed by atoms with Crippen molar-refractivity contribution in [2.24, 2.45) is 0 Å². The number of nitrogens with zero attached hydrogens (tertiary/aromatic N) is 3. The molecule has 2 saturated heterocycles. The lowest BCUT2D eigenvalue weighted by Gasteiger charge is -2.35. The van der Waals surface area contributed by atoms with Gasteiger partial charge in [0.2, 0.25) is 15.9 Å². The van der Waals surface area contributed by atoms with Gasteiger partial charge in [0.05, 0.1) is 28.9 Å². The van der Waals surface area contributed by atoms with Crippen molar-refractivity contribution in [2.75, 3.05) is 56.0 Å². The number of piperidine rings is 1. The van der Waals surface area contributed by atoms with E-state index < -0.39 is 15.8 Å². The number of aliphatic hydroxyl groups excluding tert-OH is 1. The van der Waals surface area contributed by atoms with Crippen LogP contribution >= 0.6 is 0 Å². The van der Waals surface area contributed by atoms with Gasteiger partial charge in [-0.25, -0.2) is 12.8 Å². The van der Waals surface area contributed by atoms with E-state index in [1.807, 2.05) is 24.3 Å². The predicted octanol–water partition coefficient (Wildman–Crippen LogP) is 1.73. The van der Waals surface area contributed by atoms with Gasteiger partial charge in [-0.3, -0.25) is 4.79 Å². The van der Waals surface area contributed by atoms with Gasteiger partial charge in [0.15, 0.2) is 0 Å². The molecule has 2 heterocycles. The number of amides is 1. The fourth-order valence-corrected chi connectivity index (χ4v) is 5.70. The number of anilines is 2. The van der Waals surface area contributed by atoms with Crippen molar-refractivity contribution in [3.05, 3.63) is 54.3 Å². The summed E-state index contributed by atoms with van der Waals surface area (Å²) in [7, 11) is -3.79. The number of benzene rings is 2. The zero-order chi connectivity index (χ0) is 23.4. The molecule has 0 spiro atoms. The van der Waals surface area contributed by atoms with Gasteiger partial charge in [0, 0.05) is 39.3 Å². The minimum absolute atomic E-state index is 0.0780. The number of carbonyl (C=O) groups is 1. The van der Waals surface area contributed by atoms with Gasteiger partial charge >= 0.3 is 0 Å². The van der Waals surface area contributed by atoms with Gasteiger partial charge in [-0.1, -0.05) is 18.2 Å². The van der Waals surface area contributed by atoms with Gasteiger partial charge in [-0.05, 0) is 43.2 Å². The number of hydrogen-bond acceptors (Lipinski definition) is 6. The smallest absolute Gasteiger partial charge is 0.243 e. The Balaban J connectivity index is 1.32. The van der Waals surface area contributed by atoms with Crippen molar-refractivity contribution in [3.8, 4) is 0 Å². The van der Waals surface area contributed by atoms with Gasteiger partial charge in [-0.2, -0.15) is 4.31 Å². The molecule has 0 bridgehead atoms. The highest BCUT2D eigenvalue weighted by Gasteiger charge is 2.30. The van der Waals surface area contributed by atoms with Crippen LogP contribution in [0.2, 0.25) is 0 Å². The molecule has 0 aromatic heterocycles. The van der Waals surface area contributed by atoms with E-state index >= 15 is 0 Å². The van der Waals surface area contributed by atoms with Gasteiger partial charge in [0.1, 0.15) is 5.82 Å². The zero-order valence-corrected chi connectivity index (χ0v) is 19.2. The van der Waals surface area contributed by atoms with Crippen molar-refractivity contribution in [3.63, 3.8) is 0 Å². The molecular weight excluding hydrogens is 447 g/mol. The van der Waals surface area contributed by atoms with E-state index in [9.17, 15) is 22.7 Å². The first-order valence-corrected chi connectivity index (χ1v) is 12.6. The number of hydrogen-bond donors (Lipinski definition) is 2. The summed E-state index contributed by atoms with van der Waals surface area (Å²) < 4.78 is 40.3. The fourth-order valence-electron chi connectivity index (χ4n) is 4.24. The van der Waals surface area contributed by atoms with E-state index in [1.54, 1.807) is 4.90 Å². The van der Waals surface area contributed by atoms with Crippen molar-refractivity contribution < 1.29 is 22.7 Å². The molecule has 0 radical (unpaired) electrons. The highest BCUT2D eigenvalue weighted by molar-refractivity contribution is 7.89. The number of halogens is 1. The van der Waals surface area contributed by atoms with Crippen LogP contribution in [0.3, 0.4) is 0 Å². The molecule has 178 valence electrons. The lowest BCUT2D eigenvalue weighted by Crippen LogP contribution is -2.51. The van der Waals surface area contributed by atoms with Crippen molar-refractivity contribution >= 4 is 27.3 Å². The Hall–Kier alpha value is -2.69. The number of para-hydroxylation sites is 2. The van der Waals surface area contributed by atoms with E-state index in [-0.39, 0.29) is 49.6 Å². The van der Waals surface area contributed by atoms with Crippen molar-refractivity contribution in [1.29, 1.82) is 0 Å².